The molecule has 1 aromatic rings. The van der Waals surface area contributed by atoms with E-state index in [0.29, 0.717) is 24.7 Å². The SMILES string of the molecule is CC(C)[C@@H](NC(=O)[C@H](C)OCC(F)(F)F)c1ccc2c(c1)OCCO2. The van der Waals surface area contributed by atoms with Crippen molar-refractivity contribution in [2.24, 2.45) is 5.92 Å². The smallest absolute Gasteiger partial charge is 0.411 e. The van der Waals surface area contributed by atoms with Gasteiger partial charge in [0.15, 0.2) is 11.5 Å². The van der Waals surface area contributed by atoms with E-state index in [0.717, 1.165) is 5.56 Å². The highest BCUT2D eigenvalue weighted by Crippen LogP contribution is 2.34. The summed E-state index contributed by atoms with van der Waals surface area (Å²) in [5.41, 5.74) is 0.788. The maximum atomic E-state index is 12.2. The second-order valence-electron chi connectivity index (χ2n) is 6.20. The summed E-state index contributed by atoms with van der Waals surface area (Å²) in [6, 6.07) is 4.95. The maximum Gasteiger partial charge on any atom is 0.411 e. The Morgan fingerprint density at radius 3 is 2.44 bits per heavy atom. The highest BCUT2D eigenvalue weighted by molar-refractivity contribution is 5.80. The third-order valence-electron chi connectivity index (χ3n) is 3.76. The molecule has 2 rings (SSSR count). The Balaban J connectivity index is 2.06. The van der Waals surface area contributed by atoms with E-state index >= 15 is 0 Å². The molecule has 0 aromatic heterocycles. The van der Waals surface area contributed by atoms with E-state index in [1.165, 1.54) is 6.92 Å². The van der Waals surface area contributed by atoms with Gasteiger partial charge < -0.3 is 19.5 Å². The van der Waals surface area contributed by atoms with Gasteiger partial charge in [-0.1, -0.05) is 19.9 Å². The van der Waals surface area contributed by atoms with E-state index in [4.69, 9.17) is 9.47 Å². The van der Waals surface area contributed by atoms with Crippen molar-refractivity contribution in [3.8, 4) is 11.5 Å². The predicted molar refractivity (Wildman–Crippen MR) is 84.6 cm³/mol. The van der Waals surface area contributed by atoms with E-state index < -0.39 is 24.8 Å². The third kappa shape index (κ3) is 5.52. The number of carbonyl (C=O) groups is 1. The zero-order chi connectivity index (χ0) is 18.6. The second-order valence-corrected chi connectivity index (χ2v) is 6.20. The second kappa shape index (κ2) is 7.95. The lowest BCUT2D eigenvalue weighted by Crippen LogP contribution is -2.40. The molecule has 1 aromatic carbocycles. The van der Waals surface area contributed by atoms with Crippen LogP contribution in [0, 0.1) is 5.92 Å². The van der Waals surface area contributed by atoms with Crippen LogP contribution >= 0.6 is 0 Å². The monoisotopic (exact) mass is 361 g/mol. The summed E-state index contributed by atoms with van der Waals surface area (Å²) < 4.78 is 52.2. The van der Waals surface area contributed by atoms with Gasteiger partial charge in [0.25, 0.3) is 0 Å². The fourth-order valence-corrected chi connectivity index (χ4v) is 2.45. The lowest BCUT2D eigenvalue weighted by atomic mass is 9.95. The zero-order valence-corrected chi connectivity index (χ0v) is 14.4. The van der Waals surface area contributed by atoms with Crippen molar-refractivity contribution in [2.75, 3.05) is 19.8 Å². The zero-order valence-electron chi connectivity index (χ0n) is 14.4. The average Bonchev–Trinajstić information content (AvgIpc) is 2.55. The third-order valence-corrected chi connectivity index (χ3v) is 3.76. The number of rotatable bonds is 6. The molecular weight excluding hydrogens is 339 g/mol. The molecule has 0 aliphatic carbocycles. The van der Waals surface area contributed by atoms with Gasteiger partial charge in [-0.3, -0.25) is 4.79 Å². The van der Waals surface area contributed by atoms with Crippen LogP contribution in [0.25, 0.3) is 0 Å². The summed E-state index contributed by atoms with van der Waals surface area (Å²) in [4.78, 5) is 12.2. The van der Waals surface area contributed by atoms with E-state index in [2.05, 4.69) is 10.1 Å². The van der Waals surface area contributed by atoms with Crippen molar-refractivity contribution in [3.63, 3.8) is 0 Å². The topological polar surface area (TPSA) is 56.8 Å². The van der Waals surface area contributed by atoms with Crippen LogP contribution in [0.4, 0.5) is 13.2 Å². The maximum absolute atomic E-state index is 12.2. The molecule has 1 amide bonds. The quantitative estimate of drug-likeness (QED) is 0.845. The van der Waals surface area contributed by atoms with Crippen molar-refractivity contribution >= 4 is 5.91 Å². The Morgan fingerprint density at radius 1 is 1.20 bits per heavy atom. The van der Waals surface area contributed by atoms with Crippen molar-refractivity contribution in [3.05, 3.63) is 23.8 Å². The molecular formula is C17H22F3NO4. The first kappa shape index (κ1) is 19.4. The Hall–Kier alpha value is -1.96. The molecule has 1 N–H and O–H groups in total. The van der Waals surface area contributed by atoms with Crippen molar-refractivity contribution in [1.82, 2.24) is 5.32 Å². The molecule has 25 heavy (non-hydrogen) atoms. The van der Waals surface area contributed by atoms with Crippen LogP contribution in [0.2, 0.25) is 0 Å². The van der Waals surface area contributed by atoms with Crippen LogP contribution in [0.1, 0.15) is 32.4 Å². The number of nitrogens with one attached hydrogen (secondary N) is 1. The number of carbonyl (C=O) groups excluding carboxylic acids is 1. The number of benzene rings is 1. The average molecular weight is 361 g/mol. The van der Waals surface area contributed by atoms with Gasteiger partial charge in [0.1, 0.15) is 25.9 Å². The minimum Gasteiger partial charge on any atom is -0.486 e. The van der Waals surface area contributed by atoms with Crippen LogP contribution in [-0.4, -0.2) is 38.0 Å². The summed E-state index contributed by atoms with van der Waals surface area (Å²) in [6.07, 6.45) is -5.68. The molecule has 5 nitrogen and oxygen atoms in total. The van der Waals surface area contributed by atoms with Gasteiger partial charge in [0.05, 0.1) is 6.04 Å². The largest absolute Gasteiger partial charge is 0.486 e. The Kier molecular flexibility index (Phi) is 6.16. The molecule has 0 spiro atoms. The number of hydrogen-bond acceptors (Lipinski definition) is 4. The van der Waals surface area contributed by atoms with Crippen LogP contribution in [-0.2, 0) is 9.53 Å². The van der Waals surface area contributed by atoms with Crippen molar-refractivity contribution < 1.29 is 32.2 Å². The normalized spacial score (nSPS) is 16.4. The number of alkyl halides is 3. The Bertz CT molecular complexity index is 604. The summed E-state index contributed by atoms with van der Waals surface area (Å²) in [6.45, 7) is 4.56. The van der Waals surface area contributed by atoms with Crippen LogP contribution < -0.4 is 14.8 Å². The fraction of sp³-hybridized carbons (Fsp3) is 0.588. The molecule has 0 radical (unpaired) electrons. The molecule has 0 saturated carbocycles. The van der Waals surface area contributed by atoms with E-state index in [1.807, 2.05) is 13.8 Å². The number of halogens is 3. The molecule has 0 unspecified atom stereocenters. The number of hydrogen-bond donors (Lipinski definition) is 1. The van der Waals surface area contributed by atoms with Gasteiger partial charge in [-0.05, 0) is 30.5 Å². The van der Waals surface area contributed by atoms with Gasteiger partial charge in [-0.15, -0.1) is 0 Å². The van der Waals surface area contributed by atoms with E-state index in [9.17, 15) is 18.0 Å². The molecule has 1 heterocycles. The predicted octanol–water partition coefficient (Wildman–Crippen LogP) is 3.24. The summed E-state index contributed by atoms with van der Waals surface area (Å²) in [5, 5.41) is 2.75. The van der Waals surface area contributed by atoms with Gasteiger partial charge in [-0.25, -0.2) is 0 Å². The minimum absolute atomic E-state index is 0.0151. The minimum atomic E-state index is -4.47. The van der Waals surface area contributed by atoms with Gasteiger partial charge in [0, 0.05) is 0 Å². The first-order valence-corrected chi connectivity index (χ1v) is 8.05. The fourth-order valence-electron chi connectivity index (χ4n) is 2.45. The molecule has 8 heteroatoms. The first-order valence-electron chi connectivity index (χ1n) is 8.05. The molecule has 0 saturated heterocycles. The Morgan fingerprint density at radius 2 is 1.84 bits per heavy atom. The lowest BCUT2D eigenvalue weighted by molar-refractivity contribution is -0.185. The summed E-state index contributed by atoms with van der Waals surface area (Å²) >= 11 is 0. The number of amides is 1. The van der Waals surface area contributed by atoms with Gasteiger partial charge in [0.2, 0.25) is 5.91 Å². The van der Waals surface area contributed by atoms with E-state index in [1.54, 1.807) is 18.2 Å². The standard InChI is InChI=1S/C17H22F3NO4/c1-10(2)15(21-16(22)11(3)25-9-17(18,19)20)12-4-5-13-14(8-12)24-7-6-23-13/h4-5,8,10-11,15H,6-7,9H2,1-3H3,(H,21,22)/t11-,15+/m0/s1. The molecule has 1 aliphatic heterocycles. The number of ether oxygens (including phenoxy) is 3. The molecule has 0 fully saturated rings. The van der Waals surface area contributed by atoms with Crippen LogP contribution in [0.15, 0.2) is 18.2 Å². The lowest BCUT2D eigenvalue weighted by Gasteiger charge is -2.26. The molecule has 140 valence electrons. The van der Waals surface area contributed by atoms with E-state index in [-0.39, 0.29) is 12.0 Å². The molecule has 2 atom stereocenters. The van der Waals surface area contributed by atoms with Crippen molar-refractivity contribution in [1.29, 1.82) is 0 Å². The highest BCUT2D eigenvalue weighted by atomic mass is 19.4. The highest BCUT2D eigenvalue weighted by Gasteiger charge is 2.31. The van der Waals surface area contributed by atoms with Crippen LogP contribution in [0.5, 0.6) is 11.5 Å². The van der Waals surface area contributed by atoms with Crippen LogP contribution in [0.3, 0.4) is 0 Å². The summed E-state index contributed by atoms with van der Waals surface area (Å²) in [5.74, 6) is 0.634. The molecule has 0 bridgehead atoms. The Labute approximate surface area is 144 Å². The van der Waals surface area contributed by atoms with Gasteiger partial charge >= 0.3 is 6.18 Å². The number of fused-ring (bicyclic) bond motifs is 1. The molecule has 1 aliphatic rings. The summed E-state index contributed by atoms with van der Waals surface area (Å²) in [7, 11) is 0. The van der Waals surface area contributed by atoms with Gasteiger partial charge in [-0.2, -0.15) is 13.2 Å². The first-order chi connectivity index (χ1) is 11.7. The van der Waals surface area contributed by atoms with Crippen molar-refractivity contribution in [2.45, 2.75) is 39.1 Å².